The monoisotopic (exact) mass is 293 g/mol. The van der Waals surface area contributed by atoms with Crippen molar-refractivity contribution in [2.24, 2.45) is 0 Å². The molecular formula is C14H16FN3O3. The molecule has 2 amide bonds. The Balaban J connectivity index is 1.68. The number of Topliss-reactive ketones (excluding diaryl/α,β-unsaturated/α-hetero) is 1. The summed E-state index contributed by atoms with van der Waals surface area (Å²) in [5.74, 6) is -0.799. The van der Waals surface area contributed by atoms with Gasteiger partial charge in [0.2, 0.25) is 12.0 Å². The first-order valence-electron chi connectivity index (χ1n) is 6.87. The van der Waals surface area contributed by atoms with E-state index in [4.69, 9.17) is 0 Å². The Morgan fingerprint density at radius 1 is 1.33 bits per heavy atom. The summed E-state index contributed by atoms with van der Waals surface area (Å²) in [5.41, 5.74) is 3.51. The summed E-state index contributed by atoms with van der Waals surface area (Å²) in [4.78, 5) is 25.6. The fourth-order valence-corrected chi connectivity index (χ4v) is 2.43. The van der Waals surface area contributed by atoms with Gasteiger partial charge in [0.05, 0.1) is 6.04 Å². The summed E-state index contributed by atoms with van der Waals surface area (Å²) in [5, 5.41) is 10.9. The maximum Gasteiger partial charge on any atom is 0.337 e. The topological polar surface area (TPSA) is 72.9 Å². The van der Waals surface area contributed by atoms with Gasteiger partial charge in [0.25, 0.3) is 0 Å². The molecule has 7 heteroatoms. The number of nitrogens with one attached hydrogen (secondary N) is 1. The Labute approximate surface area is 121 Å². The predicted octanol–water partition coefficient (Wildman–Crippen LogP) is 0.270. The third kappa shape index (κ3) is 2.62. The molecule has 0 bridgehead atoms. The fraction of sp³-hybridized carbons (Fsp3) is 0.429. The highest BCUT2D eigenvalue weighted by atomic mass is 19.1. The summed E-state index contributed by atoms with van der Waals surface area (Å²) < 4.78 is 12.9. The van der Waals surface area contributed by atoms with Gasteiger partial charge in [0.15, 0.2) is 0 Å². The summed E-state index contributed by atoms with van der Waals surface area (Å²) in [6.07, 6.45) is -0.244. The number of urea groups is 1. The van der Waals surface area contributed by atoms with E-state index in [1.165, 1.54) is 12.1 Å². The average molecular weight is 293 g/mol. The lowest BCUT2D eigenvalue weighted by molar-refractivity contribution is -0.129. The van der Waals surface area contributed by atoms with Crippen LogP contribution in [0.15, 0.2) is 24.3 Å². The van der Waals surface area contributed by atoms with E-state index in [9.17, 15) is 19.1 Å². The number of hydrogen-bond donors (Lipinski definition) is 2. The number of aliphatic hydroxyl groups excluding tert-OH is 1. The number of likely N-dealkylation sites (tertiary alicyclic amines) is 1. The first-order chi connectivity index (χ1) is 10.1. The zero-order valence-corrected chi connectivity index (χ0v) is 11.3. The van der Waals surface area contributed by atoms with Crippen LogP contribution < -0.4 is 5.43 Å². The minimum Gasteiger partial charge on any atom is -0.366 e. The molecule has 0 aromatic heterocycles. The smallest absolute Gasteiger partial charge is 0.337 e. The van der Waals surface area contributed by atoms with Gasteiger partial charge in [0.1, 0.15) is 5.82 Å². The molecule has 2 heterocycles. The van der Waals surface area contributed by atoms with E-state index < -0.39 is 18.1 Å². The van der Waals surface area contributed by atoms with Crippen LogP contribution in [-0.2, 0) is 11.2 Å². The highest BCUT2D eigenvalue weighted by Crippen LogP contribution is 2.18. The van der Waals surface area contributed by atoms with Gasteiger partial charge in [0, 0.05) is 13.1 Å². The van der Waals surface area contributed by atoms with Crippen LogP contribution in [0.2, 0.25) is 0 Å². The van der Waals surface area contributed by atoms with E-state index in [1.807, 2.05) is 0 Å². The van der Waals surface area contributed by atoms with Gasteiger partial charge in [-0.25, -0.2) is 19.6 Å². The molecule has 0 aliphatic carbocycles. The van der Waals surface area contributed by atoms with Gasteiger partial charge >= 0.3 is 6.03 Å². The van der Waals surface area contributed by atoms with Crippen molar-refractivity contribution in [3.63, 3.8) is 0 Å². The third-order valence-electron chi connectivity index (χ3n) is 3.82. The molecule has 2 aliphatic rings. The van der Waals surface area contributed by atoms with Gasteiger partial charge in [-0.05, 0) is 30.5 Å². The first kappa shape index (κ1) is 14.0. The first-order valence-corrected chi connectivity index (χ1v) is 6.87. The molecule has 0 saturated carbocycles. The minimum atomic E-state index is -1.47. The molecule has 2 aliphatic heterocycles. The molecular weight excluding hydrogens is 277 g/mol. The van der Waals surface area contributed by atoms with E-state index in [1.54, 1.807) is 17.0 Å². The van der Waals surface area contributed by atoms with Crippen LogP contribution in [0.3, 0.4) is 0 Å². The number of ketones is 1. The Kier molecular flexibility index (Phi) is 3.60. The number of hydrazine groups is 1. The van der Waals surface area contributed by atoms with Gasteiger partial charge in [-0.2, -0.15) is 0 Å². The number of aliphatic hydroxyl groups is 1. The molecule has 3 rings (SSSR count). The van der Waals surface area contributed by atoms with E-state index >= 15 is 0 Å². The largest absolute Gasteiger partial charge is 0.366 e. The number of carbonyl (C=O) groups excluding carboxylic acids is 2. The van der Waals surface area contributed by atoms with E-state index in [-0.39, 0.29) is 11.8 Å². The van der Waals surface area contributed by atoms with Crippen molar-refractivity contribution in [2.75, 3.05) is 13.1 Å². The number of benzene rings is 1. The quantitative estimate of drug-likeness (QED) is 0.821. The van der Waals surface area contributed by atoms with Crippen molar-refractivity contribution in [1.82, 2.24) is 15.3 Å². The van der Waals surface area contributed by atoms with Crippen LogP contribution in [0, 0.1) is 5.82 Å². The van der Waals surface area contributed by atoms with Crippen molar-refractivity contribution < 1.29 is 19.1 Å². The number of carbonyl (C=O) groups is 2. The van der Waals surface area contributed by atoms with Crippen LogP contribution in [0.25, 0.3) is 0 Å². The Hall–Kier alpha value is -1.99. The zero-order valence-electron chi connectivity index (χ0n) is 11.3. The molecule has 2 saturated heterocycles. The predicted molar refractivity (Wildman–Crippen MR) is 71.5 cm³/mol. The van der Waals surface area contributed by atoms with Gasteiger partial charge in [-0.3, -0.25) is 4.79 Å². The molecule has 21 heavy (non-hydrogen) atoms. The van der Waals surface area contributed by atoms with Crippen molar-refractivity contribution in [3.8, 4) is 0 Å². The maximum absolute atomic E-state index is 12.9. The Morgan fingerprint density at radius 2 is 2.00 bits per heavy atom. The van der Waals surface area contributed by atoms with Crippen LogP contribution in [0.1, 0.15) is 12.0 Å². The maximum atomic E-state index is 12.9. The van der Waals surface area contributed by atoms with E-state index in [2.05, 4.69) is 5.43 Å². The van der Waals surface area contributed by atoms with Crippen molar-refractivity contribution in [3.05, 3.63) is 35.6 Å². The van der Waals surface area contributed by atoms with Gasteiger partial charge in [-0.1, -0.05) is 12.1 Å². The number of rotatable bonds is 2. The second-order valence-corrected chi connectivity index (χ2v) is 5.28. The summed E-state index contributed by atoms with van der Waals surface area (Å²) in [6, 6.07) is 4.72. The Bertz CT molecular complexity index is 559. The molecule has 1 aromatic carbocycles. The lowest BCUT2D eigenvalue weighted by Crippen LogP contribution is -2.55. The standard InChI is InChI=1S/C14H16FN3O3/c15-10-4-2-9(3-5-10)8-11-12(19)13(20)18(16-11)14(21)17-6-1-7-17/h2-5,11,13,16,20H,1,6-8H2. The summed E-state index contributed by atoms with van der Waals surface area (Å²) in [6.45, 7) is 1.28. The zero-order chi connectivity index (χ0) is 15.0. The normalized spacial score (nSPS) is 25.1. The molecule has 1 aromatic rings. The summed E-state index contributed by atoms with van der Waals surface area (Å²) in [7, 11) is 0. The molecule has 2 fully saturated rings. The Morgan fingerprint density at radius 3 is 2.57 bits per heavy atom. The molecule has 6 nitrogen and oxygen atoms in total. The van der Waals surface area contributed by atoms with Crippen molar-refractivity contribution in [2.45, 2.75) is 25.1 Å². The molecule has 2 atom stereocenters. The van der Waals surface area contributed by atoms with Gasteiger partial charge in [-0.15, -0.1) is 0 Å². The van der Waals surface area contributed by atoms with Crippen LogP contribution in [-0.4, -0.2) is 52.2 Å². The minimum absolute atomic E-state index is 0.292. The van der Waals surface area contributed by atoms with Crippen LogP contribution >= 0.6 is 0 Å². The molecule has 0 radical (unpaired) electrons. The number of amides is 2. The summed E-state index contributed by atoms with van der Waals surface area (Å²) >= 11 is 0. The number of halogens is 1. The van der Waals surface area contributed by atoms with Crippen molar-refractivity contribution in [1.29, 1.82) is 0 Å². The SMILES string of the molecule is O=C1C(Cc2ccc(F)cc2)NN(C(=O)N2CCC2)C1O. The van der Waals surface area contributed by atoms with Crippen molar-refractivity contribution >= 4 is 11.8 Å². The van der Waals surface area contributed by atoms with E-state index in [0.29, 0.717) is 19.5 Å². The molecule has 2 unspecified atom stereocenters. The van der Waals surface area contributed by atoms with E-state index in [0.717, 1.165) is 17.0 Å². The highest BCUT2D eigenvalue weighted by molar-refractivity contribution is 5.94. The third-order valence-corrected chi connectivity index (χ3v) is 3.82. The second kappa shape index (κ2) is 5.42. The van der Waals surface area contributed by atoms with Crippen LogP contribution in [0.5, 0.6) is 0 Å². The number of hydrogen-bond acceptors (Lipinski definition) is 4. The van der Waals surface area contributed by atoms with Crippen LogP contribution in [0.4, 0.5) is 9.18 Å². The lowest BCUT2D eigenvalue weighted by Gasteiger charge is -2.34. The average Bonchev–Trinajstić information content (AvgIpc) is 2.68. The molecule has 0 spiro atoms. The number of nitrogens with zero attached hydrogens (tertiary/aromatic N) is 2. The molecule has 112 valence electrons. The highest BCUT2D eigenvalue weighted by Gasteiger charge is 2.43. The lowest BCUT2D eigenvalue weighted by atomic mass is 10.0. The second-order valence-electron chi connectivity index (χ2n) is 5.28. The molecule has 2 N–H and O–H groups in total. The fourth-order valence-electron chi connectivity index (χ4n) is 2.43. The van der Waals surface area contributed by atoms with Gasteiger partial charge < -0.3 is 10.0 Å².